The molecule has 2 atom stereocenters. The lowest BCUT2D eigenvalue weighted by molar-refractivity contribution is -0.128. The van der Waals surface area contributed by atoms with Crippen LogP contribution in [0.5, 0.6) is 0 Å². The molecule has 15 heavy (non-hydrogen) atoms. The van der Waals surface area contributed by atoms with Gasteiger partial charge in [0, 0.05) is 13.0 Å². The Morgan fingerprint density at radius 1 is 1.20 bits per heavy atom. The zero-order valence-electron chi connectivity index (χ0n) is 9.41. The summed E-state index contributed by atoms with van der Waals surface area (Å²) in [5, 5.41) is 0. The first-order valence-corrected chi connectivity index (χ1v) is 5.96. The second-order valence-corrected chi connectivity index (χ2v) is 4.70. The molecule has 0 aliphatic heterocycles. The molecule has 2 aliphatic rings. The average Bonchev–Trinajstić information content (AvgIpc) is 3.10. The highest BCUT2D eigenvalue weighted by atomic mass is 16.5. The molecule has 0 bridgehead atoms. The largest absolute Gasteiger partial charge is 0.381 e. The molecule has 2 unspecified atom stereocenters. The van der Waals surface area contributed by atoms with Crippen molar-refractivity contribution in [2.24, 2.45) is 5.92 Å². The van der Waals surface area contributed by atoms with Gasteiger partial charge in [0.2, 0.25) is 0 Å². The maximum Gasteiger partial charge on any atom is 0.161 e. The van der Waals surface area contributed by atoms with E-state index in [4.69, 9.17) is 9.47 Å². The second kappa shape index (κ2) is 5.08. The molecule has 2 rings (SSSR count). The Morgan fingerprint density at radius 2 is 1.93 bits per heavy atom. The van der Waals surface area contributed by atoms with E-state index in [1.54, 1.807) is 7.11 Å². The fraction of sp³-hybridized carbons (Fsp3) is 0.917. The fourth-order valence-corrected chi connectivity index (χ4v) is 2.19. The van der Waals surface area contributed by atoms with E-state index < -0.39 is 0 Å². The van der Waals surface area contributed by atoms with E-state index in [2.05, 4.69) is 0 Å². The summed E-state index contributed by atoms with van der Waals surface area (Å²) in [4.78, 5) is 11.4. The van der Waals surface area contributed by atoms with Gasteiger partial charge in [0.1, 0.15) is 6.61 Å². The lowest BCUT2D eigenvalue weighted by Gasteiger charge is -2.27. The molecular formula is C12H20O3. The van der Waals surface area contributed by atoms with Crippen LogP contribution in [0.1, 0.15) is 38.5 Å². The first-order chi connectivity index (χ1) is 7.29. The smallest absolute Gasteiger partial charge is 0.161 e. The van der Waals surface area contributed by atoms with E-state index in [1.807, 2.05) is 0 Å². The summed E-state index contributed by atoms with van der Waals surface area (Å²) in [6.45, 7) is 0.325. The Balaban J connectivity index is 1.67. The van der Waals surface area contributed by atoms with Gasteiger partial charge in [0.15, 0.2) is 5.78 Å². The molecule has 0 aromatic rings. The molecule has 3 heteroatoms. The SMILES string of the molecule is COC1CCCC(OCC(=O)C2CC2)C1. The van der Waals surface area contributed by atoms with Gasteiger partial charge in [0.05, 0.1) is 12.2 Å². The summed E-state index contributed by atoms with van der Waals surface area (Å²) < 4.78 is 11.0. The third-order valence-corrected chi connectivity index (χ3v) is 3.41. The molecule has 0 N–H and O–H groups in total. The third kappa shape index (κ3) is 3.28. The molecule has 86 valence electrons. The van der Waals surface area contributed by atoms with Crippen LogP contribution in [0.2, 0.25) is 0 Å². The lowest BCUT2D eigenvalue weighted by atomic mass is 9.95. The Morgan fingerprint density at radius 3 is 2.60 bits per heavy atom. The highest BCUT2D eigenvalue weighted by Crippen LogP contribution is 2.30. The number of ketones is 1. The van der Waals surface area contributed by atoms with E-state index in [1.165, 1.54) is 0 Å². The normalized spacial score (nSPS) is 31.5. The zero-order valence-corrected chi connectivity index (χ0v) is 9.41. The van der Waals surface area contributed by atoms with Crippen LogP contribution in [0, 0.1) is 5.92 Å². The van der Waals surface area contributed by atoms with Gasteiger partial charge in [-0.05, 0) is 38.5 Å². The molecule has 0 aromatic heterocycles. The summed E-state index contributed by atoms with van der Waals surface area (Å²) in [5.41, 5.74) is 0. The molecular weight excluding hydrogens is 192 g/mol. The predicted octanol–water partition coefficient (Wildman–Crippen LogP) is 1.94. The second-order valence-electron chi connectivity index (χ2n) is 4.70. The number of Topliss-reactive ketones (excluding diaryl/α,β-unsaturated/α-hetero) is 1. The first-order valence-electron chi connectivity index (χ1n) is 5.96. The lowest BCUT2D eigenvalue weighted by Crippen LogP contribution is -2.29. The van der Waals surface area contributed by atoms with Gasteiger partial charge in [-0.3, -0.25) is 4.79 Å². The van der Waals surface area contributed by atoms with Gasteiger partial charge in [-0.25, -0.2) is 0 Å². The Bertz CT molecular complexity index is 223. The number of ether oxygens (including phenoxy) is 2. The van der Waals surface area contributed by atoms with Crippen molar-refractivity contribution in [1.29, 1.82) is 0 Å². The fourth-order valence-electron chi connectivity index (χ4n) is 2.19. The maximum absolute atomic E-state index is 11.4. The minimum absolute atomic E-state index is 0.242. The standard InChI is InChI=1S/C12H20O3/c1-14-10-3-2-4-11(7-10)15-8-12(13)9-5-6-9/h9-11H,2-8H2,1H3. The van der Waals surface area contributed by atoms with Gasteiger partial charge < -0.3 is 9.47 Å². The van der Waals surface area contributed by atoms with Gasteiger partial charge in [-0.1, -0.05) is 0 Å². The molecule has 0 amide bonds. The Kier molecular flexibility index (Phi) is 3.76. The number of hydrogen-bond acceptors (Lipinski definition) is 3. The molecule has 0 aromatic carbocycles. The van der Waals surface area contributed by atoms with Crippen LogP contribution in [-0.4, -0.2) is 31.7 Å². The van der Waals surface area contributed by atoms with Gasteiger partial charge in [0.25, 0.3) is 0 Å². The molecule has 2 aliphatic carbocycles. The number of hydrogen-bond donors (Lipinski definition) is 0. The van der Waals surface area contributed by atoms with Crippen LogP contribution >= 0.6 is 0 Å². The van der Waals surface area contributed by atoms with E-state index >= 15 is 0 Å². The number of methoxy groups -OCH3 is 1. The Hall–Kier alpha value is -0.410. The van der Waals surface area contributed by atoms with Gasteiger partial charge in [-0.2, -0.15) is 0 Å². The average molecular weight is 212 g/mol. The van der Waals surface area contributed by atoms with Crippen molar-refractivity contribution in [2.75, 3.05) is 13.7 Å². The van der Waals surface area contributed by atoms with E-state index in [0.29, 0.717) is 24.4 Å². The highest BCUT2D eigenvalue weighted by Gasteiger charge is 2.30. The topological polar surface area (TPSA) is 35.5 Å². The molecule has 0 radical (unpaired) electrons. The molecule has 0 saturated heterocycles. The van der Waals surface area contributed by atoms with Crippen LogP contribution in [0.3, 0.4) is 0 Å². The summed E-state index contributed by atoms with van der Waals surface area (Å²) >= 11 is 0. The number of rotatable bonds is 5. The minimum atomic E-state index is 0.242. The summed E-state index contributed by atoms with van der Waals surface area (Å²) in [6, 6.07) is 0. The van der Waals surface area contributed by atoms with Crippen LogP contribution in [0.25, 0.3) is 0 Å². The quantitative estimate of drug-likeness (QED) is 0.698. The number of carbonyl (C=O) groups is 1. The molecule has 0 spiro atoms. The van der Waals surface area contributed by atoms with Crippen molar-refractivity contribution >= 4 is 5.78 Å². The van der Waals surface area contributed by atoms with Crippen molar-refractivity contribution in [2.45, 2.75) is 50.7 Å². The van der Waals surface area contributed by atoms with Gasteiger partial charge >= 0.3 is 0 Å². The predicted molar refractivity (Wildman–Crippen MR) is 56.7 cm³/mol. The number of carbonyl (C=O) groups excluding carboxylic acids is 1. The van der Waals surface area contributed by atoms with Crippen molar-refractivity contribution < 1.29 is 14.3 Å². The zero-order chi connectivity index (χ0) is 10.7. The van der Waals surface area contributed by atoms with E-state index in [9.17, 15) is 4.79 Å². The Labute approximate surface area is 91.1 Å². The molecule has 0 heterocycles. The van der Waals surface area contributed by atoms with Crippen molar-refractivity contribution in [3.8, 4) is 0 Å². The van der Waals surface area contributed by atoms with Crippen LogP contribution < -0.4 is 0 Å². The molecule has 2 fully saturated rings. The monoisotopic (exact) mass is 212 g/mol. The third-order valence-electron chi connectivity index (χ3n) is 3.41. The van der Waals surface area contributed by atoms with E-state index in [0.717, 1.165) is 38.5 Å². The summed E-state index contributed by atoms with van der Waals surface area (Å²) in [7, 11) is 1.75. The van der Waals surface area contributed by atoms with Crippen molar-refractivity contribution in [3.63, 3.8) is 0 Å². The van der Waals surface area contributed by atoms with Crippen molar-refractivity contribution in [1.82, 2.24) is 0 Å². The van der Waals surface area contributed by atoms with Crippen molar-refractivity contribution in [3.05, 3.63) is 0 Å². The van der Waals surface area contributed by atoms with Gasteiger partial charge in [-0.15, -0.1) is 0 Å². The molecule has 2 saturated carbocycles. The van der Waals surface area contributed by atoms with Crippen LogP contribution in [-0.2, 0) is 14.3 Å². The summed E-state index contributed by atoms with van der Waals surface area (Å²) in [5.74, 6) is 0.626. The summed E-state index contributed by atoms with van der Waals surface area (Å²) in [6.07, 6.45) is 7.05. The molecule has 3 nitrogen and oxygen atoms in total. The van der Waals surface area contributed by atoms with Crippen LogP contribution in [0.15, 0.2) is 0 Å². The van der Waals surface area contributed by atoms with Crippen LogP contribution in [0.4, 0.5) is 0 Å². The maximum atomic E-state index is 11.4. The minimum Gasteiger partial charge on any atom is -0.381 e. The highest BCUT2D eigenvalue weighted by molar-refractivity contribution is 5.84. The van der Waals surface area contributed by atoms with E-state index in [-0.39, 0.29) is 6.10 Å². The first kappa shape index (κ1) is 11.1.